The lowest BCUT2D eigenvalue weighted by molar-refractivity contribution is 0.669. The molecule has 4 heterocycles. The van der Waals surface area contributed by atoms with E-state index in [1.54, 1.807) is 0 Å². The maximum Gasteiger partial charge on any atom is 0.240 e. The third-order valence-corrected chi connectivity index (χ3v) is 8.36. The number of furan rings is 1. The second-order valence-electron chi connectivity index (χ2n) is 10.8. The number of hydrogen-bond acceptors (Lipinski definition) is 4. The maximum absolute atomic E-state index is 9.01. The summed E-state index contributed by atoms with van der Waals surface area (Å²) in [5.74, 6) is 0.619. The molecule has 6 aromatic carbocycles. The first-order chi connectivity index (χ1) is 24.8. The van der Waals surface area contributed by atoms with E-state index in [0.717, 1.165) is 38.2 Å². The highest BCUT2D eigenvalue weighted by atomic mass is 16.3. The number of nitrogens with zero attached hydrogens (tertiary/aromatic N) is 5. The van der Waals surface area contributed by atoms with Gasteiger partial charge in [-0.15, -0.1) is 0 Å². The van der Waals surface area contributed by atoms with Crippen LogP contribution in [0.15, 0.2) is 144 Å². The lowest BCUT2D eigenvalue weighted by atomic mass is 10.1. The van der Waals surface area contributed by atoms with Crippen LogP contribution in [0.25, 0.3) is 88.8 Å². The molecule has 0 aliphatic carbocycles. The minimum atomic E-state index is -0.213. The molecule has 6 nitrogen and oxygen atoms in total. The largest absolute Gasteiger partial charge is 0.456 e. The molecule has 0 bridgehead atoms. The maximum atomic E-state index is 9.01. The average Bonchev–Trinajstić information content (AvgIpc) is 3.81. The Morgan fingerprint density at radius 2 is 1.02 bits per heavy atom. The van der Waals surface area contributed by atoms with Gasteiger partial charge in [-0.25, -0.2) is 0 Å². The van der Waals surface area contributed by atoms with Gasteiger partial charge < -0.3 is 4.42 Å². The quantitative estimate of drug-likeness (QED) is 0.208. The van der Waals surface area contributed by atoms with Crippen LogP contribution in [0.5, 0.6) is 0 Å². The molecule has 0 atom stereocenters. The van der Waals surface area contributed by atoms with Crippen LogP contribution in [-0.2, 0) is 0 Å². The van der Waals surface area contributed by atoms with E-state index in [4.69, 9.17) is 27.6 Å². The zero-order chi connectivity index (χ0) is 34.7. The molecule has 10 rings (SSSR count). The van der Waals surface area contributed by atoms with Gasteiger partial charge in [-0.3, -0.25) is 9.13 Å². The molecule has 210 valence electrons. The summed E-state index contributed by atoms with van der Waals surface area (Å²) in [6.45, 7) is 0. The predicted octanol–water partition coefficient (Wildman–Crippen LogP) is 9.63. The van der Waals surface area contributed by atoms with E-state index in [1.165, 1.54) is 16.7 Å². The number of hydrogen-bond donors (Lipinski definition) is 0. The van der Waals surface area contributed by atoms with Crippen LogP contribution in [0.3, 0.4) is 0 Å². The van der Waals surface area contributed by atoms with E-state index in [0.29, 0.717) is 17.0 Å². The summed E-state index contributed by atoms with van der Waals surface area (Å²) in [5.41, 5.74) is 4.08. The molecular formula is C39H23N5O. The second kappa shape index (κ2) is 9.11. The molecule has 10 aromatic rings. The normalized spacial score (nSPS) is 13.9. The second-order valence-corrected chi connectivity index (χ2v) is 10.8. The Morgan fingerprint density at radius 1 is 0.467 bits per heavy atom. The fraction of sp³-hybridized carbons (Fsp3) is 0. The third kappa shape index (κ3) is 3.48. The summed E-state index contributed by atoms with van der Waals surface area (Å²) in [5, 5.41) is 4.18. The molecule has 4 aromatic heterocycles. The average molecular weight is 584 g/mol. The molecule has 0 radical (unpaired) electrons. The van der Waals surface area contributed by atoms with Crippen LogP contribution >= 0.6 is 0 Å². The predicted molar refractivity (Wildman–Crippen MR) is 181 cm³/mol. The van der Waals surface area contributed by atoms with Crippen LogP contribution < -0.4 is 0 Å². The lowest BCUT2D eigenvalue weighted by Gasteiger charge is -2.12. The molecule has 0 saturated carbocycles. The number of aromatic nitrogens is 5. The highest BCUT2D eigenvalue weighted by molar-refractivity contribution is 6.10. The van der Waals surface area contributed by atoms with Crippen molar-refractivity contribution in [1.82, 2.24) is 24.1 Å². The Balaban J connectivity index is 1.36. The molecule has 0 amide bonds. The van der Waals surface area contributed by atoms with E-state index < -0.39 is 0 Å². The van der Waals surface area contributed by atoms with Gasteiger partial charge in [0.05, 0.1) is 30.3 Å². The van der Waals surface area contributed by atoms with E-state index in [2.05, 4.69) is 0 Å². The van der Waals surface area contributed by atoms with Gasteiger partial charge in [0.1, 0.15) is 11.2 Å². The minimum Gasteiger partial charge on any atom is -0.456 e. The summed E-state index contributed by atoms with van der Waals surface area (Å²) < 4.78 is 62.2. The van der Waals surface area contributed by atoms with E-state index in [9.17, 15) is 0 Å². The summed E-state index contributed by atoms with van der Waals surface area (Å²) in [6, 6.07) is 31.0. The topological polar surface area (TPSA) is 61.7 Å². The van der Waals surface area contributed by atoms with E-state index >= 15 is 0 Å². The summed E-state index contributed by atoms with van der Waals surface area (Å²) >= 11 is 0. The van der Waals surface area contributed by atoms with Gasteiger partial charge in [0.2, 0.25) is 11.9 Å². The molecule has 0 unspecified atom stereocenters. The SMILES string of the molecule is [2H]c1cc([2H])c2c(c1[2H])c1c([2H])c([2H])cc([2H])c1n2-c1nc(-c2ccc3c(c2)oc2ccccc23)nc(-n2c3ccccc3c3ccccc32)n1. The molecule has 6 heteroatoms. The summed E-state index contributed by atoms with van der Waals surface area (Å²) in [7, 11) is 0. The zero-order valence-corrected chi connectivity index (χ0v) is 23.5. The van der Waals surface area contributed by atoms with Gasteiger partial charge in [-0.2, -0.15) is 15.0 Å². The Kier molecular flexibility index (Phi) is 3.87. The van der Waals surface area contributed by atoms with Crippen molar-refractivity contribution in [1.29, 1.82) is 0 Å². The lowest BCUT2D eigenvalue weighted by Crippen LogP contribution is -2.10. The van der Waals surface area contributed by atoms with Crippen LogP contribution in [0.2, 0.25) is 0 Å². The fourth-order valence-electron chi connectivity index (χ4n) is 6.40. The molecule has 0 aliphatic heterocycles. The molecule has 0 saturated heterocycles. The molecule has 0 fully saturated rings. The summed E-state index contributed by atoms with van der Waals surface area (Å²) in [4.78, 5) is 15.0. The van der Waals surface area contributed by atoms with Crippen molar-refractivity contribution in [2.75, 3.05) is 0 Å². The number of rotatable bonds is 3. The van der Waals surface area contributed by atoms with Gasteiger partial charge >= 0.3 is 0 Å². The van der Waals surface area contributed by atoms with Crippen molar-refractivity contribution in [3.8, 4) is 23.3 Å². The molecule has 0 aliphatic rings. The summed E-state index contributed by atoms with van der Waals surface area (Å²) in [6.07, 6.45) is 0. The van der Waals surface area contributed by atoms with Crippen molar-refractivity contribution in [2.24, 2.45) is 0 Å². The van der Waals surface area contributed by atoms with Crippen molar-refractivity contribution in [2.45, 2.75) is 0 Å². The fourth-order valence-corrected chi connectivity index (χ4v) is 6.40. The number of para-hydroxylation sites is 5. The number of fused-ring (bicyclic) bond motifs is 9. The Bertz CT molecular complexity index is 3000. The van der Waals surface area contributed by atoms with Gasteiger partial charge in [0.15, 0.2) is 5.82 Å². The van der Waals surface area contributed by atoms with Crippen molar-refractivity contribution in [3.05, 3.63) is 139 Å². The first kappa shape index (κ1) is 19.1. The Labute approximate surface area is 264 Å². The highest BCUT2D eigenvalue weighted by Gasteiger charge is 2.20. The van der Waals surface area contributed by atoms with Crippen LogP contribution in [-0.4, -0.2) is 24.1 Å². The molecule has 0 spiro atoms. The zero-order valence-electron chi connectivity index (χ0n) is 29.5. The van der Waals surface area contributed by atoms with Crippen LogP contribution in [0, 0.1) is 0 Å². The van der Waals surface area contributed by atoms with Crippen molar-refractivity contribution < 1.29 is 12.6 Å². The van der Waals surface area contributed by atoms with E-state index in [-0.39, 0.29) is 70.0 Å². The minimum absolute atomic E-state index is 0.0535. The molecule has 0 N–H and O–H groups in total. The Hall–Kier alpha value is -6.27. The highest BCUT2D eigenvalue weighted by Crippen LogP contribution is 2.35. The Morgan fingerprint density at radius 3 is 1.69 bits per heavy atom. The van der Waals surface area contributed by atoms with Crippen molar-refractivity contribution >= 4 is 65.6 Å². The molecular weight excluding hydrogens is 554 g/mol. The number of benzene rings is 6. The monoisotopic (exact) mass is 583 g/mol. The first-order valence-electron chi connectivity index (χ1n) is 17.5. The molecule has 45 heavy (non-hydrogen) atoms. The smallest absolute Gasteiger partial charge is 0.240 e. The van der Waals surface area contributed by atoms with Crippen LogP contribution in [0.4, 0.5) is 0 Å². The van der Waals surface area contributed by atoms with Gasteiger partial charge in [0.25, 0.3) is 0 Å². The van der Waals surface area contributed by atoms with Crippen molar-refractivity contribution in [3.63, 3.8) is 0 Å². The van der Waals surface area contributed by atoms with E-state index in [1.807, 2.05) is 95.6 Å². The van der Waals surface area contributed by atoms with Crippen LogP contribution in [0.1, 0.15) is 8.22 Å². The van der Waals surface area contributed by atoms with Gasteiger partial charge in [-0.05, 0) is 42.4 Å². The third-order valence-electron chi connectivity index (χ3n) is 8.36. The van der Waals surface area contributed by atoms with Gasteiger partial charge in [0, 0.05) is 37.9 Å². The standard InChI is InChI=1S/C39H23N5O/c1-6-16-31-25(11-1)26-12-2-7-17-32(26)43(31)38-40-37(24-21-22-30-29-15-5-10-20-35(29)45-36(30)23-24)41-39(42-38)44-33-18-8-3-13-27(33)28-14-4-9-19-34(28)44/h1-23H/i1D,2D,11D,12D,16D,17D. The van der Waals surface area contributed by atoms with Gasteiger partial charge in [-0.1, -0.05) is 97.0 Å². The first-order valence-corrected chi connectivity index (χ1v) is 14.5.